The molecular formula is C25H22F6N4O. The molecule has 0 saturated heterocycles. The number of carbonyl (C=O) groups excluding carboxylic acids is 1. The molecular weight excluding hydrogens is 486 g/mol. The van der Waals surface area contributed by atoms with Gasteiger partial charge >= 0.3 is 6.18 Å². The van der Waals surface area contributed by atoms with Gasteiger partial charge in [0.05, 0.1) is 11.7 Å². The zero-order chi connectivity index (χ0) is 26.0. The van der Waals surface area contributed by atoms with Gasteiger partial charge in [-0.05, 0) is 42.0 Å². The molecule has 2 heterocycles. The van der Waals surface area contributed by atoms with Crippen molar-refractivity contribution in [2.75, 3.05) is 6.54 Å². The second kappa shape index (κ2) is 10.3. The third-order valence-corrected chi connectivity index (χ3v) is 6.07. The summed E-state index contributed by atoms with van der Waals surface area (Å²) in [5, 5.41) is 0. The first-order chi connectivity index (χ1) is 17.0. The van der Waals surface area contributed by atoms with E-state index in [1.54, 1.807) is 30.3 Å². The summed E-state index contributed by atoms with van der Waals surface area (Å²) in [5.41, 5.74) is 7.27. The molecule has 2 aromatic carbocycles. The number of halogens is 6. The summed E-state index contributed by atoms with van der Waals surface area (Å²) in [6.07, 6.45) is -3.67. The first-order valence-corrected chi connectivity index (χ1v) is 11.2. The number of nitrogens with zero attached hydrogens (tertiary/aromatic N) is 3. The van der Waals surface area contributed by atoms with Crippen LogP contribution in [0.3, 0.4) is 0 Å². The number of hydrogen-bond acceptors (Lipinski definition) is 4. The Labute approximate surface area is 203 Å². The Kier molecular flexibility index (Phi) is 7.30. The highest BCUT2D eigenvalue weighted by molar-refractivity contribution is 5.77. The Bertz CT molecular complexity index is 1250. The van der Waals surface area contributed by atoms with Crippen LogP contribution in [0, 0.1) is 17.5 Å². The van der Waals surface area contributed by atoms with Crippen LogP contribution < -0.4 is 5.73 Å². The Morgan fingerprint density at radius 3 is 2.47 bits per heavy atom. The van der Waals surface area contributed by atoms with E-state index in [0.29, 0.717) is 17.7 Å². The van der Waals surface area contributed by atoms with E-state index in [1.165, 1.54) is 4.90 Å². The number of fused-ring (bicyclic) bond motifs is 1. The van der Waals surface area contributed by atoms with Gasteiger partial charge in [0.15, 0.2) is 11.6 Å². The van der Waals surface area contributed by atoms with Crippen LogP contribution in [-0.2, 0) is 30.2 Å². The molecule has 0 aliphatic carbocycles. The van der Waals surface area contributed by atoms with Gasteiger partial charge in [0.25, 0.3) is 0 Å². The first kappa shape index (κ1) is 25.6. The maximum atomic E-state index is 14.0. The SMILES string of the molecule is N[C@@H](CC(=O)N1CCc2cnc(C(F)(F)F)nc2C1Cc1ccccc1)Cc1cc(F)c(F)cc1F. The van der Waals surface area contributed by atoms with E-state index in [0.717, 1.165) is 11.8 Å². The third-order valence-electron chi connectivity index (χ3n) is 6.07. The minimum atomic E-state index is -4.75. The molecule has 0 bridgehead atoms. The highest BCUT2D eigenvalue weighted by Gasteiger charge is 2.39. The molecule has 0 fully saturated rings. The van der Waals surface area contributed by atoms with Crippen molar-refractivity contribution in [1.29, 1.82) is 0 Å². The zero-order valence-electron chi connectivity index (χ0n) is 18.9. The molecule has 1 aromatic heterocycles. The van der Waals surface area contributed by atoms with Crippen LogP contribution in [0.25, 0.3) is 0 Å². The lowest BCUT2D eigenvalue weighted by molar-refractivity contribution is -0.145. The number of rotatable bonds is 6. The van der Waals surface area contributed by atoms with Gasteiger partial charge in [-0.3, -0.25) is 4.79 Å². The van der Waals surface area contributed by atoms with Crippen molar-refractivity contribution in [3.63, 3.8) is 0 Å². The van der Waals surface area contributed by atoms with Crippen molar-refractivity contribution in [3.05, 3.63) is 94.3 Å². The van der Waals surface area contributed by atoms with Crippen molar-refractivity contribution < 1.29 is 31.1 Å². The number of aromatic nitrogens is 2. The van der Waals surface area contributed by atoms with Crippen molar-refractivity contribution in [2.24, 2.45) is 5.73 Å². The van der Waals surface area contributed by atoms with E-state index in [4.69, 9.17) is 5.73 Å². The van der Waals surface area contributed by atoms with E-state index in [2.05, 4.69) is 9.97 Å². The van der Waals surface area contributed by atoms with Gasteiger partial charge in [0, 0.05) is 31.3 Å². The molecule has 1 aliphatic heterocycles. The highest BCUT2D eigenvalue weighted by Crippen LogP contribution is 2.34. The van der Waals surface area contributed by atoms with Crippen LogP contribution >= 0.6 is 0 Å². The lowest BCUT2D eigenvalue weighted by Crippen LogP contribution is -2.44. The Morgan fingerprint density at radius 2 is 1.78 bits per heavy atom. The van der Waals surface area contributed by atoms with E-state index in [1.807, 2.05) is 0 Å². The Balaban J connectivity index is 1.59. The maximum Gasteiger partial charge on any atom is 0.451 e. The molecule has 1 aliphatic rings. The smallest absolute Gasteiger partial charge is 0.333 e. The quantitative estimate of drug-likeness (QED) is 0.392. The van der Waals surface area contributed by atoms with Crippen LogP contribution in [0.4, 0.5) is 26.3 Å². The van der Waals surface area contributed by atoms with Gasteiger partial charge in [-0.1, -0.05) is 30.3 Å². The second-order valence-corrected chi connectivity index (χ2v) is 8.67. The molecule has 1 amide bonds. The summed E-state index contributed by atoms with van der Waals surface area (Å²) in [4.78, 5) is 21.9. The van der Waals surface area contributed by atoms with Gasteiger partial charge < -0.3 is 10.6 Å². The Hall–Kier alpha value is -3.47. The van der Waals surface area contributed by atoms with E-state index in [-0.39, 0.29) is 43.5 Å². The van der Waals surface area contributed by atoms with Crippen LogP contribution in [0.5, 0.6) is 0 Å². The second-order valence-electron chi connectivity index (χ2n) is 8.67. The number of amides is 1. The summed E-state index contributed by atoms with van der Waals surface area (Å²) >= 11 is 0. The van der Waals surface area contributed by atoms with Crippen LogP contribution in [0.1, 0.15) is 40.7 Å². The molecule has 4 rings (SSSR count). The van der Waals surface area contributed by atoms with Crippen LogP contribution in [0.2, 0.25) is 0 Å². The molecule has 2 atom stereocenters. The highest BCUT2D eigenvalue weighted by atomic mass is 19.4. The predicted octanol–water partition coefficient (Wildman–Crippen LogP) is 4.54. The monoisotopic (exact) mass is 508 g/mol. The van der Waals surface area contributed by atoms with Gasteiger partial charge in [-0.2, -0.15) is 13.2 Å². The summed E-state index contributed by atoms with van der Waals surface area (Å²) < 4.78 is 80.7. The molecule has 0 spiro atoms. The summed E-state index contributed by atoms with van der Waals surface area (Å²) in [6, 6.07) is 8.29. The molecule has 190 valence electrons. The van der Waals surface area contributed by atoms with Crippen molar-refractivity contribution in [1.82, 2.24) is 14.9 Å². The van der Waals surface area contributed by atoms with Gasteiger partial charge in [-0.25, -0.2) is 23.1 Å². The fourth-order valence-electron chi connectivity index (χ4n) is 4.34. The minimum absolute atomic E-state index is 0.112. The van der Waals surface area contributed by atoms with E-state index in [9.17, 15) is 31.1 Å². The number of benzene rings is 2. The molecule has 2 N–H and O–H groups in total. The summed E-state index contributed by atoms with van der Waals surface area (Å²) in [5.74, 6) is -5.32. The number of carbonyl (C=O) groups is 1. The number of hydrogen-bond donors (Lipinski definition) is 1. The Morgan fingerprint density at radius 1 is 1.08 bits per heavy atom. The lowest BCUT2D eigenvalue weighted by atomic mass is 9.92. The lowest BCUT2D eigenvalue weighted by Gasteiger charge is -2.37. The van der Waals surface area contributed by atoms with E-state index >= 15 is 0 Å². The largest absolute Gasteiger partial charge is 0.451 e. The van der Waals surface area contributed by atoms with Gasteiger partial charge in [-0.15, -0.1) is 0 Å². The topological polar surface area (TPSA) is 72.1 Å². The molecule has 11 heteroatoms. The molecule has 0 radical (unpaired) electrons. The summed E-state index contributed by atoms with van der Waals surface area (Å²) in [7, 11) is 0. The fourth-order valence-corrected chi connectivity index (χ4v) is 4.34. The average molecular weight is 508 g/mol. The zero-order valence-corrected chi connectivity index (χ0v) is 18.9. The van der Waals surface area contributed by atoms with Gasteiger partial charge in [0.1, 0.15) is 5.82 Å². The molecule has 5 nitrogen and oxygen atoms in total. The number of nitrogens with two attached hydrogens (primary N) is 1. The van der Waals surface area contributed by atoms with Crippen molar-refractivity contribution in [2.45, 2.75) is 43.9 Å². The first-order valence-electron chi connectivity index (χ1n) is 11.2. The fraction of sp³-hybridized carbons (Fsp3) is 0.320. The number of alkyl halides is 3. The summed E-state index contributed by atoms with van der Waals surface area (Å²) in [6.45, 7) is 0.199. The minimum Gasteiger partial charge on any atom is -0.333 e. The molecule has 3 aromatic rings. The normalized spacial score (nSPS) is 16.5. The maximum absolute atomic E-state index is 14.0. The predicted molar refractivity (Wildman–Crippen MR) is 118 cm³/mol. The van der Waals surface area contributed by atoms with Crippen LogP contribution in [-0.4, -0.2) is 33.4 Å². The molecule has 36 heavy (non-hydrogen) atoms. The van der Waals surface area contributed by atoms with Crippen molar-refractivity contribution >= 4 is 5.91 Å². The molecule has 0 saturated carbocycles. The van der Waals surface area contributed by atoms with Crippen LogP contribution in [0.15, 0.2) is 48.7 Å². The van der Waals surface area contributed by atoms with Crippen molar-refractivity contribution in [3.8, 4) is 0 Å². The standard InChI is InChI=1S/C25H22F6N4O/c26-18-12-20(28)19(27)10-16(18)9-17(32)11-22(36)35-7-6-15-13-33-24(25(29,30)31)34-23(15)21(35)8-14-4-2-1-3-5-14/h1-5,10,12-13,17,21H,6-9,11,32H2/t17-,21?/m1/s1. The third kappa shape index (κ3) is 5.67. The van der Waals surface area contributed by atoms with Gasteiger partial charge in [0.2, 0.25) is 11.7 Å². The molecule has 1 unspecified atom stereocenters. The average Bonchev–Trinajstić information content (AvgIpc) is 2.82. The van der Waals surface area contributed by atoms with E-state index < -0.39 is 47.4 Å².